The summed E-state index contributed by atoms with van der Waals surface area (Å²) in [4.78, 5) is 12.2. The number of carbonyl (C=O) groups is 1. The van der Waals surface area contributed by atoms with Crippen molar-refractivity contribution in [3.05, 3.63) is 71.3 Å². The van der Waals surface area contributed by atoms with Crippen LogP contribution in [0.4, 0.5) is 0 Å². The quantitative estimate of drug-likeness (QED) is 0.177. The molecule has 3 rings (SSSR count). The number of benzene rings is 1. The Kier molecular flexibility index (Phi) is 11.4. The molecule has 1 saturated carbocycles. The van der Waals surface area contributed by atoms with Crippen molar-refractivity contribution in [1.82, 2.24) is 4.90 Å². The summed E-state index contributed by atoms with van der Waals surface area (Å²) < 4.78 is 0. The van der Waals surface area contributed by atoms with Crippen LogP contribution in [0.15, 0.2) is 59.8 Å². The van der Waals surface area contributed by atoms with Gasteiger partial charge in [-0.25, -0.2) is 0 Å². The first-order valence-corrected chi connectivity index (χ1v) is 12.2. The van der Waals surface area contributed by atoms with E-state index in [-0.39, 0.29) is 0 Å². The smallest absolute Gasteiger partial charge is 0.209 e. The molecule has 0 bridgehead atoms. The van der Waals surface area contributed by atoms with Crippen LogP contribution in [0.25, 0.3) is 11.6 Å². The van der Waals surface area contributed by atoms with Crippen molar-refractivity contribution < 1.29 is 10.0 Å². The van der Waals surface area contributed by atoms with Crippen molar-refractivity contribution >= 4 is 23.8 Å². The number of fused-ring (bicyclic) bond motifs is 1. The fraction of sp³-hybridized carbons (Fsp3) is 0.448. The topological polar surface area (TPSA) is 52.9 Å². The Labute approximate surface area is 200 Å². The van der Waals surface area contributed by atoms with Crippen LogP contribution in [0.1, 0.15) is 81.9 Å². The summed E-state index contributed by atoms with van der Waals surface area (Å²) in [5, 5.41) is 13.0. The Bertz CT molecular complexity index is 902. The number of rotatable bonds is 10. The van der Waals surface area contributed by atoms with Crippen LogP contribution in [0, 0.1) is 5.92 Å². The van der Waals surface area contributed by atoms with E-state index in [4.69, 9.17) is 0 Å². The van der Waals surface area contributed by atoms with Gasteiger partial charge in [0, 0.05) is 24.7 Å². The number of nitrogens with zero attached hydrogens (tertiary/aromatic N) is 2. The first kappa shape index (κ1) is 26.4. The lowest BCUT2D eigenvalue weighted by molar-refractivity contribution is -0.117. The van der Waals surface area contributed by atoms with Gasteiger partial charge in [0.05, 0.1) is 0 Å². The lowest BCUT2D eigenvalue weighted by Gasteiger charge is -2.08. The minimum Gasteiger partial charge on any atom is -0.410 e. The van der Waals surface area contributed by atoms with E-state index in [1.165, 1.54) is 25.7 Å². The molecular weight excluding hydrogens is 408 g/mol. The van der Waals surface area contributed by atoms with Gasteiger partial charge >= 0.3 is 0 Å². The predicted octanol–water partition coefficient (Wildman–Crippen LogP) is 7.25. The average Bonchev–Trinajstić information content (AvgIpc) is 3.42. The largest absolute Gasteiger partial charge is 0.410 e. The Morgan fingerprint density at radius 2 is 1.88 bits per heavy atom. The number of oxime groups is 1. The van der Waals surface area contributed by atoms with Crippen LogP contribution in [0.2, 0.25) is 0 Å². The highest BCUT2D eigenvalue weighted by atomic mass is 16.4. The first-order chi connectivity index (χ1) is 16.0. The van der Waals surface area contributed by atoms with E-state index in [9.17, 15) is 10.0 Å². The van der Waals surface area contributed by atoms with E-state index < -0.39 is 0 Å². The normalized spacial score (nSPS) is 17.0. The van der Waals surface area contributed by atoms with Gasteiger partial charge in [-0.15, -0.1) is 0 Å². The third-order valence-electron chi connectivity index (χ3n) is 6.29. The lowest BCUT2D eigenvalue weighted by atomic mass is 10.0. The monoisotopic (exact) mass is 448 g/mol. The molecule has 0 spiro atoms. The second kappa shape index (κ2) is 14.3. The molecule has 178 valence electrons. The van der Waals surface area contributed by atoms with E-state index in [0.29, 0.717) is 5.71 Å². The minimum atomic E-state index is 0.572. The Morgan fingerprint density at radius 3 is 2.45 bits per heavy atom. The van der Waals surface area contributed by atoms with Crippen molar-refractivity contribution in [3.63, 3.8) is 0 Å². The molecule has 0 atom stereocenters. The predicted molar refractivity (Wildman–Crippen MR) is 141 cm³/mol. The van der Waals surface area contributed by atoms with Gasteiger partial charge in [0.15, 0.2) is 0 Å². The average molecular weight is 449 g/mol. The van der Waals surface area contributed by atoms with Crippen LogP contribution in [0.3, 0.4) is 0 Å². The first-order valence-electron chi connectivity index (χ1n) is 12.2. The second-order valence-electron chi connectivity index (χ2n) is 9.01. The van der Waals surface area contributed by atoms with Gasteiger partial charge in [-0.05, 0) is 54.9 Å². The maximum Gasteiger partial charge on any atom is 0.209 e. The molecule has 1 N–H and O–H groups in total. The molecule has 0 aromatic heterocycles. The van der Waals surface area contributed by atoms with Gasteiger partial charge in [0.1, 0.15) is 5.71 Å². The van der Waals surface area contributed by atoms with E-state index in [1.807, 2.05) is 19.1 Å². The maximum absolute atomic E-state index is 10.5. The summed E-state index contributed by atoms with van der Waals surface area (Å²) in [6, 6.07) is 6.21. The van der Waals surface area contributed by atoms with Crippen molar-refractivity contribution in [2.24, 2.45) is 11.1 Å². The summed E-state index contributed by atoms with van der Waals surface area (Å²) in [5.74, 6) is 1.05. The summed E-state index contributed by atoms with van der Waals surface area (Å²) in [5.41, 5.74) is 5.54. The SMILES string of the molecule is C=CC1=C(/C=C\C)c2ccc(/C=C/CCCCCN(C)C=O)cc2/C1=N/O.CC1CCCC1. The van der Waals surface area contributed by atoms with Crippen LogP contribution in [-0.2, 0) is 4.79 Å². The fourth-order valence-electron chi connectivity index (χ4n) is 4.38. The summed E-state index contributed by atoms with van der Waals surface area (Å²) in [7, 11) is 1.80. The molecule has 33 heavy (non-hydrogen) atoms. The van der Waals surface area contributed by atoms with Gasteiger partial charge in [-0.3, -0.25) is 4.79 Å². The van der Waals surface area contributed by atoms with Crippen molar-refractivity contribution in [2.45, 2.75) is 65.2 Å². The molecule has 0 heterocycles. The van der Waals surface area contributed by atoms with Gasteiger partial charge in [-0.2, -0.15) is 0 Å². The Balaban J connectivity index is 0.000000554. The molecule has 0 radical (unpaired) electrons. The lowest BCUT2D eigenvalue weighted by Crippen LogP contribution is -2.16. The van der Waals surface area contributed by atoms with Crippen LogP contribution in [-0.4, -0.2) is 35.8 Å². The van der Waals surface area contributed by atoms with E-state index in [2.05, 4.69) is 49.0 Å². The highest BCUT2D eigenvalue weighted by molar-refractivity contribution is 6.26. The zero-order valence-electron chi connectivity index (χ0n) is 20.6. The maximum atomic E-state index is 10.5. The molecule has 4 nitrogen and oxygen atoms in total. The van der Waals surface area contributed by atoms with Crippen LogP contribution >= 0.6 is 0 Å². The molecule has 0 saturated heterocycles. The molecule has 0 aliphatic heterocycles. The second-order valence-corrected chi connectivity index (χ2v) is 9.01. The van der Waals surface area contributed by atoms with Crippen molar-refractivity contribution in [3.8, 4) is 0 Å². The molecule has 1 fully saturated rings. The van der Waals surface area contributed by atoms with E-state index >= 15 is 0 Å². The summed E-state index contributed by atoms with van der Waals surface area (Å²) in [6.07, 6.45) is 21.1. The molecule has 1 aromatic carbocycles. The number of amides is 1. The minimum absolute atomic E-state index is 0.572. The number of carbonyl (C=O) groups excluding carboxylic acids is 1. The number of hydrogen-bond donors (Lipinski definition) is 1. The van der Waals surface area contributed by atoms with E-state index in [1.54, 1.807) is 18.0 Å². The van der Waals surface area contributed by atoms with Crippen LogP contribution in [0.5, 0.6) is 0 Å². The molecule has 4 heteroatoms. The van der Waals surface area contributed by atoms with Gasteiger partial charge in [0.2, 0.25) is 6.41 Å². The fourth-order valence-corrected chi connectivity index (χ4v) is 4.38. The number of unbranched alkanes of at least 4 members (excludes halogenated alkanes) is 3. The van der Waals surface area contributed by atoms with Crippen LogP contribution < -0.4 is 0 Å². The Morgan fingerprint density at radius 1 is 1.12 bits per heavy atom. The summed E-state index contributed by atoms with van der Waals surface area (Å²) >= 11 is 0. The molecule has 2 aliphatic rings. The standard InChI is InChI=1S/C23H28N2O2.C6H12/c1-4-11-20-19(5-2)23(24-27)22-16-18(13-14-21(20)22)12-9-7-6-8-10-15-25(3)17-26;1-6-4-2-3-5-6/h4-5,9,11-14,16-17,27H,2,6-8,10,15H2,1,3H3;6H,2-5H2,1H3/b11-4-,12-9+,24-23+;. The zero-order valence-corrected chi connectivity index (χ0v) is 20.6. The highest BCUT2D eigenvalue weighted by Crippen LogP contribution is 2.35. The van der Waals surface area contributed by atoms with Gasteiger partial charge in [0.25, 0.3) is 0 Å². The third kappa shape index (κ3) is 7.88. The molecule has 1 aromatic rings. The third-order valence-corrected chi connectivity index (χ3v) is 6.29. The highest BCUT2D eigenvalue weighted by Gasteiger charge is 2.25. The number of allylic oxidation sites excluding steroid dienone is 6. The molecule has 2 aliphatic carbocycles. The summed E-state index contributed by atoms with van der Waals surface area (Å²) in [6.45, 7) is 8.98. The van der Waals surface area contributed by atoms with Gasteiger partial charge in [-0.1, -0.05) is 93.3 Å². The Hall–Kier alpha value is -2.88. The van der Waals surface area contributed by atoms with Gasteiger partial charge < -0.3 is 10.1 Å². The van der Waals surface area contributed by atoms with Crippen molar-refractivity contribution in [2.75, 3.05) is 13.6 Å². The van der Waals surface area contributed by atoms with Crippen molar-refractivity contribution in [1.29, 1.82) is 0 Å². The molecular formula is C29H40N2O2. The van der Waals surface area contributed by atoms with E-state index in [0.717, 1.165) is 72.4 Å². The molecule has 1 amide bonds. The molecule has 0 unspecified atom stereocenters. The zero-order chi connectivity index (χ0) is 24.1. The number of hydrogen-bond acceptors (Lipinski definition) is 3.